The molecule has 1 heterocycles. The Labute approximate surface area is 104 Å². The summed E-state index contributed by atoms with van der Waals surface area (Å²) in [6.07, 6.45) is 0.843. The summed E-state index contributed by atoms with van der Waals surface area (Å²) in [5, 5.41) is 17.3. The highest BCUT2D eigenvalue weighted by atomic mass is 32.2. The zero-order valence-electron chi connectivity index (χ0n) is 10.2. The van der Waals surface area contributed by atoms with Gasteiger partial charge in [-0.3, -0.25) is 4.79 Å². The number of hydrogen-bond donors (Lipinski definition) is 1. The van der Waals surface area contributed by atoms with Gasteiger partial charge in [-0.2, -0.15) is 0 Å². The molecule has 7 heteroatoms. The fraction of sp³-hybridized carbons (Fsp3) is 0.700. The molecule has 1 aromatic rings. The predicted octanol–water partition coefficient (Wildman–Crippen LogP) is 1.36. The van der Waals surface area contributed by atoms with Crippen LogP contribution in [0.1, 0.15) is 25.2 Å². The third-order valence-corrected chi connectivity index (χ3v) is 3.27. The number of carboxylic acids is 1. The van der Waals surface area contributed by atoms with Gasteiger partial charge in [0.25, 0.3) is 0 Å². The van der Waals surface area contributed by atoms with E-state index in [0.717, 1.165) is 12.2 Å². The van der Waals surface area contributed by atoms with Crippen LogP contribution in [-0.4, -0.2) is 45.3 Å². The molecule has 0 amide bonds. The smallest absolute Gasteiger partial charge is 0.313 e. The van der Waals surface area contributed by atoms with E-state index in [1.807, 2.05) is 18.4 Å². The van der Waals surface area contributed by atoms with Crippen molar-refractivity contribution in [3.05, 3.63) is 5.82 Å². The fourth-order valence-corrected chi connectivity index (χ4v) is 2.30. The summed E-state index contributed by atoms with van der Waals surface area (Å²) in [5.41, 5.74) is 0. The van der Waals surface area contributed by atoms with Gasteiger partial charge in [-0.05, 0) is 20.3 Å². The minimum atomic E-state index is -0.855. The van der Waals surface area contributed by atoms with Crippen LogP contribution < -0.4 is 0 Å². The first kappa shape index (κ1) is 14.0. The number of rotatable bonds is 7. The van der Waals surface area contributed by atoms with Gasteiger partial charge in [0.1, 0.15) is 5.82 Å². The predicted molar refractivity (Wildman–Crippen MR) is 64.3 cm³/mol. The van der Waals surface area contributed by atoms with Gasteiger partial charge in [-0.1, -0.05) is 11.8 Å². The first-order valence-electron chi connectivity index (χ1n) is 5.31. The number of hydrogen-bond acceptors (Lipinski definition) is 5. The Bertz CT molecular complexity index is 381. The summed E-state index contributed by atoms with van der Waals surface area (Å²) in [6.45, 7) is 4.56. The maximum absolute atomic E-state index is 10.5. The number of carbonyl (C=O) groups is 1. The van der Waals surface area contributed by atoms with Gasteiger partial charge in [0, 0.05) is 19.8 Å². The Morgan fingerprint density at radius 3 is 2.88 bits per heavy atom. The number of aromatic nitrogens is 3. The van der Waals surface area contributed by atoms with Gasteiger partial charge in [-0.15, -0.1) is 10.2 Å². The van der Waals surface area contributed by atoms with Crippen LogP contribution in [0.4, 0.5) is 0 Å². The van der Waals surface area contributed by atoms with Crippen LogP contribution >= 0.6 is 11.8 Å². The van der Waals surface area contributed by atoms with Gasteiger partial charge < -0.3 is 14.4 Å². The monoisotopic (exact) mass is 259 g/mol. The van der Waals surface area contributed by atoms with Crippen molar-refractivity contribution in [1.82, 2.24) is 14.8 Å². The highest BCUT2D eigenvalue weighted by Gasteiger charge is 2.15. The van der Waals surface area contributed by atoms with Crippen LogP contribution in [0.25, 0.3) is 0 Å². The summed E-state index contributed by atoms with van der Waals surface area (Å²) in [5.74, 6) is -0.0666. The average Bonchev–Trinajstić information content (AvgIpc) is 2.64. The third kappa shape index (κ3) is 4.01. The van der Waals surface area contributed by atoms with Gasteiger partial charge in [-0.25, -0.2) is 0 Å². The average molecular weight is 259 g/mol. The Morgan fingerprint density at radius 2 is 2.29 bits per heavy atom. The van der Waals surface area contributed by atoms with Gasteiger partial charge in [0.2, 0.25) is 0 Å². The lowest BCUT2D eigenvalue weighted by Gasteiger charge is -2.16. The van der Waals surface area contributed by atoms with E-state index in [1.165, 1.54) is 11.8 Å². The molecular weight excluding hydrogens is 242 g/mol. The molecular formula is C10H17N3O3S. The molecule has 0 aliphatic rings. The Balaban J connectivity index is 2.74. The van der Waals surface area contributed by atoms with Crippen LogP contribution in [0.3, 0.4) is 0 Å². The summed E-state index contributed by atoms with van der Waals surface area (Å²) < 4.78 is 6.98. The van der Waals surface area contributed by atoms with Crippen LogP contribution in [-0.2, 0) is 9.53 Å². The van der Waals surface area contributed by atoms with E-state index < -0.39 is 5.97 Å². The van der Waals surface area contributed by atoms with Crippen molar-refractivity contribution in [2.24, 2.45) is 0 Å². The molecule has 0 fully saturated rings. The van der Waals surface area contributed by atoms with Crippen molar-refractivity contribution in [3.8, 4) is 0 Å². The number of nitrogens with zero attached hydrogens (tertiary/aromatic N) is 3. The minimum Gasteiger partial charge on any atom is -0.481 e. The minimum absolute atomic E-state index is 0.00483. The fourth-order valence-electron chi connectivity index (χ4n) is 1.50. The van der Waals surface area contributed by atoms with Crippen LogP contribution in [0.2, 0.25) is 0 Å². The van der Waals surface area contributed by atoms with E-state index >= 15 is 0 Å². The van der Waals surface area contributed by atoms with E-state index in [-0.39, 0.29) is 11.8 Å². The molecule has 1 unspecified atom stereocenters. The Morgan fingerprint density at radius 1 is 1.59 bits per heavy atom. The molecule has 0 saturated carbocycles. The van der Waals surface area contributed by atoms with E-state index in [0.29, 0.717) is 11.8 Å². The van der Waals surface area contributed by atoms with Crippen LogP contribution in [0.15, 0.2) is 5.16 Å². The summed E-state index contributed by atoms with van der Waals surface area (Å²) in [6, 6.07) is 0.196. The van der Waals surface area contributed by atoms with Crippen molar-refractivity contribution in [2.75, 3.05) is 19.5 Å². The molecule has 1 N–H and O–H groups in total. The first-order valence-corrected chi connectivity index (χ1v) is 6.29. The lowest BCUT2D eigenvalue weighted by molar-refractivity contribution is -0.133. The van der Waals surface area contributed by atoms with Crippen molar-refractivity contribution in [1.29, 1.82) is 0 Å². The van der Waals surface area contributed by atoms with Gasteiger partial charge in [0.15, 0.2) is 5.16 Å². The quantitative estimate of drug-likeness (QED) is 0.745. The molecule has 1 atom stereocenters. The number of thioether (sulfide) groups is 1. The SMILES string of the molecule is COCCC(C)n1c(C)nnc1SCC(=O)O. The largest absolute Gasteiger partial charge is 0.481 e. The molecule has 17 heavy (non-hydrogen) atoms. The zero-order chi connectivity index (χ0) is 12.8. The number of aliphatic carboxylic acids is 1. The van der Waals surface area contributed by atoms with Crippen molar-refractivity contribution >= 4 is 17.7 Å². The third-order valence-electron chi connectivity index (χ3n) is 2.34. The van der Waals surface area contributed by atoms with E-state index in [2.05, 4.69) is 10.2 Å². The zero-order valence-corrected chi connectivity index (χ0v) is 11.0. The molecule has 6 nitrogen and oxygen atoms in total. The maximum Gasteiger partial charge on any atom is 0.313 e. The topological polar surface area (TPSA) is 77.2 Å². The normalized spacial score (nSPS) is 12.6. The molecule has 1 rings (SSSR count). The molecule has 0 spiro atoms. The summed E-state index contributed by atoms with van der Waals surface area (Å²) >= 11 is 1.19. The molecule has 1 aromatic heterocycles. The number of ether oxygens (including phenoxy) is 1. The van der Waals surface area contributed by atoms with E-state index in [9.17, 15) is 4.79 Å². The number of methoxy groups -OCH3 is 1. The molecule has 0 bridgehead atoms. The standard InChI is InChI=1S/C10H17N3O3S/c1-7(4-5-16-3)13-8(2)11-12-10(13)17-6-9(14)15/h7H,4-6H2,1-3H3,(H,14,15). The second-order valence-electron chi connectivity index (χ2n) is 3.71. The number of aryl methyl sites for hydroxylation is 1. The Kier molecular flexibility index (Phi) is 5.43. The van der Waals surface area contributed by atoms with Crippen LogP contribution in [0.5, 0.6) is 0 Å². The molecule has 0 saturated heterocycles. The van der Waals surface area contributed by atoms with Crippen molar-refractivity contribution in [2.45, 2.75) is 31.5 Å². The van der Waals surface area contributed by atoms with E-state index in [1.54, 1.807) is 7.11 Å². The van der Waals surface area contributed by atoms with E-state index in [4.69, 9.17) is 9.84 Å². The molecule has 0 radical (unpaired) electrons. The van der Waals surface area contributed by atoms with Crippen molar-refractivity contribution < 1.29 is 14.6 Å². The maximum atomic E-state index is 10.5. The molecule has 96 valence electrons. The molecule has 0 aromatic carbocycles. The van der Waals surface area contributed by atoms with Gasteiger partial charge >= 0.3 is 5.97 Å². The lowest BCUT2D eigenvalue weighted by atomic mass is 10.2. The highest BCUT2D eigenvalue weighted by Crippen LogP contribution is 2.23. The summed E-state index contributed by atoms with van der Waals surface area (Å²) in [7, 11) is 1.66. The van der Waals surface area contributed by atoms with Crippen LogP contribution in [0, 0.1) is 6.92 Å². The van der Waals surface area contributed by atoms with Crippen molar-refractivity contribution in [3.63, 3.8) is 0 Å². The second kappa shape index (κ2) is 6.61. The van der Waals surface area contributed by atoms with Gasteiger partial charge in [0.05, 0.1) is 5.75 Å². The highest BCUT2D eigenvalue weighted by molar-refractivity contribution is 7.99. The molecule has 0 aliphatic carbocycles. The Hall–Kier alpha value is -1.08. The first-order chi connectivity index (χ1) is 8.06. The lowest BCUT2D eigenvalue weighted by Crippen LogP contribution is -2.11. The molecule has 0 aliphatic heterocycles. The number of carboxylic acid groups (broad SMARTS) is 1. The second-order valence-corrected chi connectivity index (χ2v) is 4.66. The summed E-state index contributed by atoms with van der Waals surface area (Å²) in [4.78, 5) is 10.5.